The minimum atomic E-state index is -0.357. The monoisotopic (exact) mass is 449 g/mol. The Bertz CT molecular complexity index is 1150. The number of amides is 1. The van der Waals surface area contributed by atoms with Crippen molar-refractivity contribution in [1.29, 1.82) is 0 Å². The van der Waals surface area contributed by atoms with E-state index in [0.717, 1.165) is 16.8 Å². The van der Waals surface area contributed by atoms with Crippen LogP contribution in [0.2, 0.25) is 5.02 Å². The zero-order chi connectivity index (χ0) is 21.6. The lowest BCUT2D eigenvalue weighted by atomic mass is 10.2. The van der Waals surface area contributed by atoms with Gasteiger partial charge in [-0.2, -0.15) is 0 Å². The molecule has 0 fully saturated rings. The molecule has 0 bridgehead atoms. The number of nitrogens with zero attached hydrogens (tertiary/aromatic N) is 4. The van der Waals surface area contributed by atoms with Gasteiger partial charge < -0.3 is 5.32 Å². The van der Waals surface area contributed by atoms with Crippen LogP contribution in [0.4, 0.5) is 0 Å². The molecule has 0 aliphatic rings. The predicted molar refractivity (Wildman–Crippen MR) is 123 cm³/mol. The first-order valence-corrected chi connectivity index (χ1v) is 11.0. The van der Waals surface area contributed by atoms with E-state index in [-0.39, 0.29) is 11.2 Å². The van der Waals surface area contributed by atoms with E-state index < -0.39 is 0 Å². The summed E-state index contributed by atoms with van der Waals surface area (Å²) in [6.45, 7) is 2.34. The van der Waals surface area contributed by atoms with Crippen LogP contribution in [0.3, 0.4) is 0 Å². The van der Waals surface area contributed by atoms with Crippen molar-refractivity contribution < 1.29 is 4.79 Å². The molecule has 156 valence electrons. The lowest BCUT2D eigenvalue weighted by molar-refractivity contribution is -0.120. The Labute approximate surface area is 189 Å². The highest BCUT2D eigenvalue weighted by Crippen LogP contribution is 2.30. The van der Waals surface area contributed by atoms with E-state index in [1.54, 1.807) is 12.4 Å². The second-order valence-corrected chi connectivity index (χ2v) is 8.56. The van der Waals surface area contributed by atoms with Crippen LogP contribution in [0, 0.1) is 0 Å². The van der Waals surface area contributed by atoms with Crippen molar-refractivity contribution in [2.24, 2.45) is 0 Å². The van der Waals surface area contributed by atoms with Crippen molar-refractivity contribution in [3.05, 3.63) is 89.7 Å². The van der Waals surface area contributed by atoms with E-state index >= 15 is 0 Å². The van der Waals surface area contributed by atoms with Gasteiger partial charge in [-0.15, -0.1) is 10.2 Å². The van der Waals surface area contributed by atoms with Crippen LogP contribution >= 0.6 is 23.4 Å². The fourth-order valence-electron chi connectivity index (χ4n) is 3.00. The van der Waals surface area contributed by atoms with Gasteiger partial charge in [0.15, 0.2) is 11.0 Å². The number of halogens is 1. The third kappa shape index (κ3) is 5.13. The predicted octanol–water partition coefficient (Wildman–Crippen LogP) is 4.78. The average Bonchev–Trinajstić information content (AvgIpc) is 3.22. The highest BCUT2D eigenvalue weighted by molar-refractivity contribution is 8.00. The van der Waals surface area contributed by atoms with Gasteiger partial charge in [-0.3, -0.25) is 14.3 Å². The average molecular weight is 450 g/mol. The highest BCUT2D eigenvalue weighted by Gasteiger charge is 2.21. The summed E-state index contributed by atoms with van der Waals surface area (Å²) in [5.41, 5.74) is 2.79. The molecule has 1 atom stereocenters. The standard InChI is InChI=1S/C23H20ClN5OS/c1-16(22(30)26-15-17-5-3-2-4-6-17)31-23-28-27-21(18-11-13-25-14-12-18)29(23)20-9-7-19(24)8-10-20/h2-14,16H,15H2,1H3,(H,26,30). The molecule has 0 spiro atoms. The molecule has 4 aromatic rings. The number of pyridine rings is 1. The van der Waals surface area contributed by atoms with E-state index in [0.29, 0.717) is 22.5 Å². The van der Waals surface area contributed by atoms with E-state index in [4.69, 9.17) is 11.6 Å². The summed E-state index contributed by atoms with van der Waals surface area (Å²) in [4.78, 5) is 16.8. The van der Waals surface area contributed by atoms with Crippen molar-refractivity contribution in [2.45, 2.75) is 23.9 Å². The third-order valence-corrected chi connectivity index (χ3v) is 5.91. The molecule has 2 aromatic carbocycles. The Kier molecular flexibility index (Phi) is 6.64. The molecule has 8 heteroatoms. The van der Waals surface area contributed by atoms with Crippen LogP contribution in [0.15, 0.2) is 84.3 Å². The number of thioether (sulfide) groups is 1. The summed E-state index contributed by atoms with van der Waals surface area (Å²) in [6, 6.07) is 21.0. The van der Waals surface area contributed by atoms with Crippen molar-refractivity contribution in [2.75, 3.05) is 0 Å². The number of rotatable bonds is 7. The van der Waals surface area contributed by atoms with E-state index in [9.17, 15) is 4.79 Å². The minimum absolute atomic E-state index is 0.0648. The lowest BCUT2D eigenvalue weighted by Crippen LogP contribution is -2.30. The third-order valence-electron chi connectivity index (χ3n) is 4.62. The number of nitrogens with one attached hydrogen (secondary N) is 1. The molecule has 1 unspecified atom stereocenters. The molecule has 0 aliphatic heterocycles. The van der Waals surface area contributed by atoms with Crippen molar-refractivity contribution in [3.63, 3.8) is 0 Å². The maximum absolute atomic E-state index is 12.7. The molecule has 31 heavy (non-hydrogen) atoms. The number of aromatic nitrogens is 4. The maximum atomic E-state index is 12.7. The van der Waals surface area contributed by atoms with Gasteiger partial charge in [0.1, 0.15) is 0 Å². The number of benzene rings is 2. The molecule has 1 amide bonds. The topological polar surface area (TPSA) is 72.7 Å². The Hall–Kier alpha value is -3.16. The van der Waals surface area contributed by atoms with Crippen molar-refractivity contribution in [3.8, 4) is 17.1 Å². The Morgan fingerprint density at radius 3 is 2.45 bits per heavy atom. The minimum Gasteiger partial charge on any atom is -0.351 e. The second-order valence-electron chi connectivity index (χ2n) is 6.82. The fourth-order valence-corrected chi connectivity index (χ4v) is 4.02. The maximum Gasteiger partial charge on any atom is 0.233 e. The van der Waals surface area contributed by atoms with Gasteiger partial charge in [0.05, 0.1) is 5.25 Å². The molecule has 0 saturated carbocycles. The molecule has 0 aliphatic carbocycles. The first kappa shape index (κ1) is 21.1. The highest BCUT2D eigenvalue weighted by atomic mass is 35.5. The summed E-state index contributed by atoms with van der Waals surface area (Å²) >= 11 is 7.43. The largest absolute Gasteiger partial charge is 0.351 e. The Balaban J connectivity index is 1.58. The number of carbonyl (C=O) groups excluding carboxylic acids is 1. The van der Waals surface area contributed by atoms with Crippen molar-refractivity contribution in [1.82, 2.24) is 25.1 Å². The number of carbonyl (C=O) groups is 1. The molecule has 0 saturated heterocycles. The molecule has 1 N–H and O–H groups in total. The normalized spacial score (nSPS) is 11.8. The lowest BCUT2D eigenvalue weighted by Gasteiger charge is -2.14. The summed E-state index contributed by atoms with van der Waals surface area (Å²) in [5.74, 6) is 0.606. The number of hydrogen-bond acceptors (Lipinski definition) is 5. The van der Waals surface area contributed by atoms with Crippen LogP contribution < -0.4 is 5.32 Å². The van der Waals surface area contributed by atoms with Gasteiger partial charge >= 0.3 is 0 Å². The zero-order valence-electron chi connectivity index (χ0n) is 16.8. The van der Waals surface area contributed by atoms with Gasteiger partial charge in [0.25, 0.3) is 0 Å². The first-order chi connectivity index (χ1) is 15.1. The van der Waals surface area contributed by atoms with Crippen LogP contribution in [0.1, 0.15) is 12.5 Å². The molecule has 2 aromatic heterocycles. The van der Waals surface area contributed by atoms with Crippen LogP contribution in [0.5, 0.6) is 0 Å². The molecule has 6 nitrogen and oxygen atoms in total. The fraction of sp³-hybridized carbons (Fsp3) is 0.130. The molecule has 0 radical (unpaired) electrons. The smallest absolute Gasteiger partial charge is 0.233 e. The molecule has 4 rings (SSSR count). The summed E-state index contributed by atoms with van der Waals surface area (Å²) < 4.78 is 1.93. The Morgan fingerprint density at radius 1 is 1.03 bits per heavy atom. The van der Waals surface area contributed by atoms with Crippen molar-refractivity contribution >= 4 is 29.3 Å². The van der Waals surface area contributed by atoms with E-state index in [2.05, 4.69) is 20.5 Å². The summed E-state index contributed by atoms with van der Waals surface area (Å²) in [6.07, 6.45) is 3.42. The number of hydrogen-bond donors (Lipinski definition) is 1. The molecular weight excluding hydrogens is 430 g/mol. The Morgan fingerprint density at radius 2 is 1.74 bits per heavy atom. The van der Waals surface area contributed by atoms with Crippen LogP contribution in [-0.2, 0) is 11.3 Å². The van der Waals surface area contributed by atoms with Crippen LogP contribution in [-0.4, -0.2) is 30.9 Å². The van der Waals surface area contributed by atoms with Gasteiger partial charge in [0, 0.05) is 35.2 Å². The summed E-state index contributed by atoms with van der Waals surface area (Å²) in [5, 5.41) is 12.7. The van der Waals surface area contributed by atoms with Gasteiger partial charge in [-0.1, -0.05) is 53.7 Å². The van der Waals surface area contributed by atoms with Gasteiger partial charge in [0.2, 0.25) is 5.91 Å². The van der Waals surface area contributed by atoms with E-state index in [1.165, 1.54) is 11.8 Å². The molecular formula is C23H20ClN5OS. The molecule has 2 heterocycles. The van der Waals surface area contributed by atoms with E-state index in [1.807, 2.05) is 78.2 Å². The van der Waals surface area contributed by atoms with Crippen LogP contribution in [0.25, 0.3) is 17.1 Å². The zero-order valence-corrected chi connectivity index (χ0v) is 18.3. The van der Waals surface area contributed by atoms with Gasteiger partial charge in [-0.25, -0.2) is 0 Å². The quantitative estimate of drug-likeness (QED) is 0.411. The van der Waals surface area contributed by atoms with Gasteiger partial charge in [-0.05, 0) is 48.9 Å². The second kappa shape index (κ2) is 9.76. The SMILES string of the molecule is CC(Sc1nnc(-c2ccncc2)n1-c1ccc(Cl)cc1)C(=O)NCc1ccccc1. The first-order valence-electron chi connectivity index (χ1n) is 9.72. The summed E-state index contributed by atoms with van der Waals surface area (Å²) in [7, 11) is 0.